The number of carbonyl (C=O) groups is 1. The maximum Gasteiger partial charge on any atom is 0.250 e. The Balaban J connectivity index is 1.59. The second-order valence-electron chi connectivity index (χ2n) is 4.40. The van der Waals surface area contributed by atoms with Crippen molar-refractivity contribution >= 4 is 5.91 Å². The number of nitrogens with zero attached hydrogens (tertiary/aromatic N) is 1. The van der Waals surface area contributed by atoms with Gasteiger partial charge in [-0.2, -0.15) is 0 Å². The van der Waals surface area contributed by atoms with Gasteiger partial charge >= 0.3 is 0 Å². The van der Waals surface area contributed by atoms with Gasteiger partial charge in [0, 0.05) is 26.2 Å². The van der Waals surface area contributed by atoms with Crippen LogP contribution in [0.25, 0.3) is 0 Å². The second-order valence-corrected chi connectivity index (χ2v) is 4.40. The average Bonchev–Trinajstić information content (AvgIpc) is 2.83. The number of rotatable bonds is 4. The normalized spacial score (nSPS) is 26.9. The van der Waals surface area contributed by atoms with Crippen LogP contribution in [0.5, 0.6) is 0 Å². The van der Waals surface area contributed by atoms with Gasteiger partial charge in [-0.15, -0.1) is 0 Å². The molecule has 5 heteroatoms. The monoisotopic (exact) mass is 227 g/mol. The Labute approximate surface area is 96.5 Å². The summed E-state index contributed by atoms with van der Waals surface area (Å²) in [5.41, 5.74) is 0. The molecular weight excluding hydrogens is 206 g/mol. The fourth-order valence-corrected chi connectivity index (χ4v) is 2.19. The van der Waals surface area contributed by atoms with E-state index in [0.29, 0.717) is 13.2 Å². The lowest BCUT2D eigenvalue weighted by atomic mass is 10.3. The van der Waals surface area contributed by atoms with Gasteiger partial charge in [0.15, 0.2) is 0 Å². The molecule has 5 nitrogen and oxygen atoms in total. The highest BCUT2D eigenvalue weighted by Crippen LogP contribution is 2.05. The van der Waals surface area contributed by atoms with Crippen LogP contribution in [0, 0.1) is 0 Å². The third-order valence-electron chi connectivity index (χ3n) is 3.15. The first-order chi connectivity index (χ1) is 7.86. The molecule has 0 saturated carbocycles. The largest absolute Gasteiger partial charge is 0.366 e. The van der Waals surface area contributed by atoms with Crippen LogP contribution in [-0.2, 0) is 9.53 Å². The van der Waals surface area contributed by atoms with Gasteiger partial charge in [-0.3, -0.25) is 4.79 Å². The molecule has 0 radical (unpaired) electrons. The van der Waals surface area contributed by atoms with Gasteiger partial charge < -0.3 is 20.3 Å². The summed E-state index contributed by atoms with van der Waals surface area (Å²) in [5.74, 6) is 0.0198. The molecule has 0 aromatic rings. The van der Waals surface area contributed by atoms with Crippen molar-refractivity contribution in [3.05, 3.63) is 0 Å². The molecule has 0 bridgehead atoms. The molecule has 0 unspecified atom stereocenters. The van der Waals surface area contributed by atoms with Crippen molar-refractivity contribution in [1.82, 2.24) is 15.5 Å². The van der Waals surface area contributed by atoms with Gasteiger partial charge in [-0.1, -0.05) is 0 Å². The molecule has 2 rings (SSSR count). The summed E-state index contributed by atoms with van der Waals surface area (Å²) in [6.45, 7) is 6.16. The minimum atomic E-state index is -0.299. The van der Waals surface area contributed by atoms with Crippen molar-refractivity contribution in [3.8, 4) is 0 Å². The summed E-state index contributed by atoms with van der Waals surface area (Å²) in [6.07, 6.45) is 2.29. The lowest BCUT2D eigenvalue weighted by Crippen LogP contribution is -2.48. The van der Waals surface area contributed by atoms with Crippen LogP contribution in [0.3, 0.4) is 0 Å². The number of hydrogen-bond donors (Lipinski definition) is 2. The molecule has 0 aliphatic carbocycles. The standard InChI is InChI=1S/C11H21N3O2/c15-11(10-9-12-4-8-16-10)13-3-7-14-5-1-2-6-14/h10,12H,1-9H2,(H,13,15)/t10-/m1/s1. The number of likely N-dealkylation sites (tertiary alicyclic amines) is 1. The highest BCUT2D eigenvalue weighted by atomic mass is 16.5. The highest BCUT2D eigenvalue weighted by molar-refractivity contribution is 5.81. The summed E-state index contributed by atoms with van der Waals surface area (Å²) in [4.78, 5) is 14.1. The molecule has 2 aliphatic heterocycles. The predicted octanol–water partition coefficient (Wildman–Crippen LogP) is -0.813. The van der Waals surface area contributed by atoms with E-state index < -0.39 is 0 Å². The maximum absolute atomic E-state index is 11.7. The van der Waals surface area contributed by atoms with Crippen LogP contribution in [0.1, 0.15) is 12.8 Å². The molecule has 0 aromatic carbocycles. The fraction of sp³-hybridized carbons (Fsp3) is 0.909. The number of ether oxygens (including phenoxy) is 1. The number of nitrogens with one attached hydrogen (secondary N) is 2. The zero-order valence-corrected chi connectivity index (χ0v) is 9.71. The Morgan fingerprint density at radius 3 is 2.94 bits per heavy atom. The summed E-state index contributed by atoms with van der Waals surface area (Å²) < 4.78 is 5.37. The first-order valence-corrected chi connectivity index (χ1v) is 6.18. The third-order valence-corrected chi connectivity index (χ3v) is 3.15. The minimum Gasteiger partial charge on any atom is -0.366 e. The Morgan fingerprint density at radius 2 is 2.25 bits per heavy atom. The van der Waals surface area contributed by atoms with Gasteiger partial charge in [-0.05, 0) is 25.9 Å². The van der Waals surface area contributed by atoms with E-state index in [-0.39, 0.29) is 12.0 Å². The summed E-state index contributed by atoms with van der Waals surface area (Å²) in [5, 5.41) is 6.08. The van der Waals surface area contributed by atoms with Crippen molar-refractivity contribution in [1.29, 1.82) is 0 Å². The summed E-state index contributed by atoms with van der Waals surface area (Å²) >= 11 is 0. The van der Waals surface area contributed by atoms with Gasteiger partial charge in [-0.25, -0.2) is 0 Å². The van der Waals surface area contributed by atoms with Gasteiger partial charge in [0.25, 0.3) is 5.91 Å². The summed E-state index contributed by atoms with van der Waals surface area (Å²) in [6, 6.07) is 0. The predicted molar refractivity (Wildman–Crippen MR) is 61.3 cm³/mol. The molecule has 1 amide bonds. The minimum absolute atomic E-state index is 0.0198. The van der Waals surface area contributed by atoms with Crippen LogP contribution >= 0.6 is 0 Å². The van der Waals surface area contributed by atoms with E-state index in [1.165, 1.54) is 25.9 Å². The van der Waals surface area contributed by atoms with Crippen molar-refractivity contribution in [2.24, 2.45) is 0 Å². The molecule has 2 saturated heterocycles. The van der Waals surface area contributed by atoms with E-state index in [1.807, 2.05) is 0 Å². The molecule has 92 valence electrons. The lowest BCUT2D eigenvalue weighted by Gasteiger charge is -2.23. The van der Waals surface area contributed by atoms with Crippen LogP contribution in [0.4, 0.5) is 0 Å². The fourth-order valence-electron chi connectivity index (χ4n) is 2.19. The highest BCUT2D eigenvalue weighted by Gasteiger charge is 2.21. The molecule has 2 N–H and O–H groups in total. The zero-order chi connectivity index (χ0) is 11.2. The van der Waals surface area contributed by atoms with Gasteiger partial charge in [0.2, 0.25) is 0 Å². The van der Waals surface area contributed by atoms with Gasteiger partial charge in [0.05, 0.1) is 6.61 Å². The summed E-state index contributed by atoms with van der Waals surface area (Å²) in [7, 11) is 0. The average molecular weight is 227 g/mol. The van der Waals surface area contributed by atoms with Crippen LogP contribution in [0.2, 0.25) is 0 Å². The Morgan fingerprint density at radius 1 is 1.44 bits per heavy atom. The van der Waals surface area contributed by atoms with Crippen LogP contribution < -0.4 is 10.6 Å². The molecular formula is C11H21N3O2. The van der Waals surface area contributed by atoms with E-state index in [1.54, 1.807) is 0 Å². The topological polar surface area (TPSA) is 53.6 Å². The molecule has 0 aromatic heterocycles. The lowest BCUT2D eigenvalue weighted by molar-refractivity contribution is -0.134. The number of hydrogen-bond acceptors (Lipinski definition) is 4. The maximum atomic E-state index is 11.7. The Bertz CT molecular complexity index is 223. The number of amides is 1. The number of carbonyl (C=O) groups excluding carboxylic acids is 1. The molecule has 2 fully saturated rings. The van der Waals surface area contributed by atoms with Gasteiger partial charge in [0.1, 0.15) is 6.10 Å². The zero-order valence-electron chi connectivity index (χ0n) is 9.71. The first-order valence-electron chi connectivity index (χ1n) is 6.18. The third kappa shape index (κ3) is 3.43. The van der Waals surface area contributed by atoms with E-state index in [9.17, 15) is 4.79 Å². The Hall–Kier alpha value is -0.650. The molecule has 2 heterocycles. The molecule has 2 aliphatic rings. The van der Waals surface area contributed by atoms with E-state index in [4.69, 9.17) is 4.74 Å². The number of morpholine rings is 1. The van der Waals surface area contributed by atoms with Crippen LogP contribution in [0.15, 0.2) is 0 Å². The van der Waals surface area contributed by atoms with Crippen molar-refractivity contribution in [2.45, 2.75) is 18.9 Å². The first kappa shape index (κ1) is 11.8. The van der Waals surface area contributed by atoms with Crippen molar-refractivity contribution in [3.63, 3.8) is 0 Å². The molecule has 16 heavy (non-hydrogen) atoms. The van der Waals surface area contributed by atoms with Crippen LogP contribution in [-0.4, -0.2) is 62.8 Å². The second kappa shape index (κ2) is 6.18. The van der Waals surface area contributed by atoms with Crippen molar-refractivity contribution < 1.29 is 9.53 Å². The van der Waals surface area contributed by atoms with Crippen molar-refractivity contribution in [2.75, 3.05) is 45.9 Å². The smallest absolute Gasteiger partial charge is 0.250 e. The van der Waals surface area contributed by atoms with E-state index >= 15 is 0 Å². The Kier molecular flexibility index (Phi) is 4.56. The van der Waals surface area contributed by atoms with E-state index in [2.05, 4.69) is 15.5 Å². The molecule has 1 atom stereocenters. The quantitative estimate of drug-likeness (QED) is 0.659. The van der Waals surface area contributed by atoms with E-state index in [0.717, 1.165) is 19.6 Å². The SMILES string of the molecule is O=C(NCCN1CCCC1)[C@H]1CNCCO1. The molecule has 0 spiro atoms.